The van der Waals surface area contributed by atoms with Gasteiger partial charge in [-0.15, -0.1) is 15.3 Å². The zero-order chi connectivity index (χ0) is 25.5. The smallest absolute Gasteiger partial charge is 0.226 e. The zero-order valence-corrected chi connectivity index (χ0v) is 20.1. The summed E-state index contributed by atoms with van der Waals surface area (Å²) in [7, 11) is 1.57. The van der Waals surface area contributed by atoms with Crippen molar-refractivity contribution in [2.45, 2.75) is 25.9 Å². The van der Waals surface area contributed by atoms with Crippen LogP contribution in [0.1, 0.15) is 34.7 Å². The number of ether oxygens (including phenoxy) is 2. The number of carbonyl (C=O) groups is 1. The fourth-order valence-electron chi connectivity index (χ4n) is 4.67. The number of aromatic nitrogens is 6. The van der Waals surface area contributed by atoms with Gasteiger partial charge in [-0.3, -0.25) is 4.79 Å². The van der Waals surface area contributed by atoms with E-state index < -0.39 is 0 Å². The molecule has 1 N–H and O–H groups in total. The number of hydrogen-bond donors (Lipinski definition) is 1. The first-order valence-electron chi connectivity index (χ1n) is 11.6. The lowest BCUT2D eigenvalue weighted by Gasteiger charge is -2.26. The molecule has 0 saturated carbocycles. The lowest BCUT2D eigenvalue weighted by atomic mass is 9.85. The van der Waals surface area contributed by atoms with Crippen molar-refractivity contribution in [2.75, 3.05) is 12.4 Å². The Kier molecular flexibility index (Phi) is 5.52. The van der Waals surface area contributed by atoms with Gasteiger partial charge in [0.25, 0.3) is 0 Å². The van der Waals surface area contributed by atoms with Crippen LogP contribution in [-0.2, 0) is 11.4 Å². The summed E-state index contributed by atoms with van der Waals surface area (Å²) >= 11 is 0. The summed E-state index contributed by atoms with van der Waals surface area (Å²) in [4.78, 5) is 12.9. The number of para-hydroxylation sites is 1. The van der Waals surface area contributed by atoms with Crippen molar-refractivity contribution >= 4 is 17.4 Å². The topological polar surface area (TPSA) is 108 Å². The van der Waals surface area contributed by atoms with Gasteiger partial charge in [0.2, 0.25) is 5.91 Å². The first kappa shape index (κ1) is 22.7. The summed E-state index contributed by atoms with van der Waals surface area (Å²) < 4.78 is 28.4. The van der Waals surface area contributed by atoms with Gasteiger partial charge in [0.05, 0.1) is 12.8 Å². The Morgan fingerprint density at radius 1 is 1.11 bits per heavy atom. The minimum atomic E-state index is -0.338. The van der Waals surface area contributed by atoms with Gasteiger partial charge in [0.15, 0.2) is 23.0 Å². The van der Waals surface area contributed by atoms with Gasteiger partial charge >= 0.3 is 0 Å². The van der Waals surface area contributed by atoms with Gasteiger partial charge in [-0.25, -0.2) is 4.39 Å². The number of hydrogen-bond acceptors (Lipinski definition) is 7. The molecule has 0 fully saturated rings. The minimum Gasteiger partial charge on any atom is -0.493 e. The number of amides is 1. The molecule has 1 atom stereocenters. The Hall–Kier alpha value is -4.80. The Balaban J connectivity index is 1.43. The van der Waals surface area contributed by atoms with Crippen molar-refractivity contribution < 1.29 is 18.7 Å². The monoisotopic (exact) mass is 499 g/mol. The zero-order valence-electron chi connectivity index (χ0n) is 20.1. The average Bonchev–Trinajstić information content (AvgIpc) is 3.51. The molecule has 4 heterocycles. The van der Waals surface area contributed by atoms with E-state index in [-0.39, 0.29) is 30.7 Å². The molecule has 3 aromatic heterocycles. The summed E-state index contributed by atoms with van der Waals surface area (Å²) in [5.41, 5.74) is 3.81. The maximum absolute atomic E-state index is 13.4. The molecule has 186 valence electrons. The molecule has 0 saturated heterocycles. The number of rotatable bonds is 6. The van der Waals surface area contributed by atoms with Crippen molar-refractivity contribution in [3.05, 3.63) is 89.1 Å². The molecule has 5 aromatic rings. The summed E-state index contributed by atoms with van der Waals surface area (Å²) in [6, 6.07) is 15.3. The van der Waals surface area contributed by atoms with Gasteiger partial charge in [-0.05, 0) is 42.8 Å². The molecule has 2 aromatic carbocycles. The van der Waals surface area contributed by atoms with Crippen molar-refractivity contribution in [1.29, 1.82) is 0 Å². The number of halogens is 1. The van der Waals surface area contributed by atoms with Crippen LogP contribution in [0.2, 0.25) is 0 Å². The van der Waals surface area contributed by atoms with Crippen LogP contribution in [0.25, 0.3) is 11.5 Å². The highest BCUT2D eigenvalue weighted by molar-refractivity contribution is 5.95. The lowest BCUT2D eigenvalue weighted by Crippen LogP contribution is -2.25. The van der Waals surface area contributed by atoms with Crippen LogP contribution in [0.4, 0.5) is 10.2 Å². The molecule has 6 rings (SSSR count). The number of fused-ring (bicyclic) bond motifs is 2. The molecule has 37 heavy (non-hydrogen) atoms. The van der Waals surface area contributed by atoms with Crippen LogP contribution in [0.5, 0.6) is 11.5 Å². The maximum atomic E-state index is 13.4. The molecule has 0 bridgehead atoms. The molecule has 0 aliphatic carbocycles. The minimum absolute atomic E-state index is 0.156. The Morgan fingerprint density at radius 3 is 2.76 bits per heavy atom. The average molecular weight is 500 g/mol. The summed E-state index contributed by atoms with van der Waals surface area (Å²) in [5.74, 6) is 1.31. The maximum Gasteiger partial charge on any atom is 0.226 e. The fraction of sp³-hybridized carbons (Fsp3) is 0.192. The first-order valence-corrected chi connectivity index (χ1v) is 11.6. The van der Waals surface area contributed by atoms with E-state index in [4.69, 9.17) is 14.6 Å². The lowest BCUT2D eigenvalue weighted by molar-refractivity contribution is -0.116. The summed E-state index contributed by atoms with van der Waals surface area (Å²) in [5, 5.41) is 20.1. The number of nitrogens with one attached hydrogen (secondary N) is 1. The van der Waals surface area contributed by atoms with Crippen LogP contribution in [0.3, 0.4) is 0 Å². The van der Waals surface area contributed by atoms with Crippen molar-refractivity contribution in [3.8, 4) is 17.3 Å². The van der Waals surface area contributed by atoms with Crippen molar-refractivity contribution in [2.24, 2.45) is 0 Å². The van der Waals surface area contributed by atoms with Gasteiger partial charge in [0, 0.05) is 23.5 Å². The van der Waals surface area contributed by atoms with Gasteiger partial charge in [-0.2, -0.15) is 14.3 Å². The Labute approximate surface area is 210 Å². The molecular formula is C26H22FN7O3. The van der Waals surface area contributed by atoms with Crippen LogP contribution in [0.15, 0.2) is 60.9 Å². The largest absolute Gasteiger partial charge is 0.493 e. The number of nitrogens with zero attached hydrogens (tertiary/aromatic N) is 6. The van der Waals surface area contributed by atoms with E-state index in [1.165, 1.54) is 18.5 Å². The van der Waals surface area contributed by atoms with E-state index in [0.717, 1.165) is 22.4 Å². The van der Waals surface area contributed by atoms with Crippen LogP contribution < -0.4 is 14.8 Å². The predicted octanol–water partition coefficient (Wildman–Crippen LogP) is 3.82. The number of methoxy groups -OCH3 is 1. The molecule has 1 aliphatic rings. The van der Waals surface area contributed by atoms with E-state index >= 15 is 0 Å². The normalized spacial score (nSPS) is 14.9. The number of carbonyl (C=O) groups excluding carboxylic acids is 1. The van der Waals surface area contributed by atoms with E-state index in [0.29, 0.717) is 28.8 Å². The van der Waals surface area contributed by atoms with Crippen LogP contribution in [-0.4, -0.2) is 42.6 Å². The quantitative estimate of drug-likeness (QED) is 0.378. The van der Waals surface area contributed by atoms with Crippen molar-refractivity contribution in [1.82, 2.24) is 29.6 Å². The summed E-state index contributed by atoms with van der Waals surface area (Å²) in [6.45, 7) is 2.11. The summed E-state index contributed by atoms with van der Waals surface area (Å²) in [6.07, 6.45) is 1.71. The van der Waals surface area contributed by atoms with E-state index in [9.17, 15) is 9.18 Å². The predicted molar refractivity (Wildman–Crippen MR) is 131 cm³/mol. The fourth-order valence-corrected chi connectivity index (χ4v) is 4.67. The molecule has 0 radical (unpaired) electrons. The molecule has 11 heteroatoms. The second-order valence-corrected chi connectivity index (χ2v) is 8.68. The van der Waals surface area contributed by atoms with Crippen LogP contribution in [0, 0.1) is 12.7 Å². The number of anilines is 1. The third-order valence-electron chi connectivity index (χ3n) is 6.37. The van der Waals surface area contributed by atoms with Crippen LogP contribution >= 0.6 is 0 Å². The van der Waals surface area contributed by atoms with Gasteiger partial charge < -0.3 is 14.8 Å². The molecule has 1 aliphatic heterocycles. The van der Waals surface area contributed by atoms with Gasteiger partial charge in [-0.1, -0.05) is 24.3 Å². The first-order chi connectivity index (χ1) is 18.0. The van der Waals surface area contributed by atoms with E-state index in [1.807, 2.05) is 25.1 Å². The molecule has 0 unspecified atom stereocenters. The van der Waals surface area contributed by atoms with E-state index in [1.54, 1.807) is 40.6 Å². The third kappa shape index (κ3) is 4.03. The van der Waals surface area contributed by atoms with Gasteiger partial charge in [0.1, 0.15) is 24.6 Å². The molecule has 1 amide bonds. The SMILES string of the molecule is COc1cccc([C@H]2CC(=O)Nc3c2c(C)nn3-c2ccc3nncn3n2)c1OCc1ccc(F)cc1. The highest BCUT2D eigenvalue weighted by Crippen LogP contribution is 2.45. The molecule has 10 nitrogen and oxygen atoms in total. The third-order valence-corrected chi connectivity index (χ3v) is 6.37. The molecular weight excluding hydrogens is 477 g/mol. The molecule has 0 spiro atoms. The standard InChI is InChI=1S/C26H22FN7O3/c1-15-24-19(18-4-3-5-20(36-2)25(18)37-13-16-6-8-17(27)9-7-16)12-23(35)29-26(24)34(31-15)22-11-10-21-30-28-14-33(21)32-22/h3-11,14,19H,12-13H2,1-2H3,(H,29,35)/t19-/m1/s1. The van der Waals surface area contributed by atoms with E-state index in [2.05, 4.69) is 20.6 Å². The number of aryl methyl sites for hydroxylation is 1. The van der Waals surface area contributed by atoms with Crippen molar-refractivity contribution in [3.63, 3.8) is 0 Å². The Morgan fingerprint density at radius 2 is 1.95 bits per heavy atom. The second kappa shape index (κ2) is 9.01. The second-order valence-electron chi connectivity index (χ2n) is 8.68. The highest BCUT2D eigenvalue weighted by atomic mass is 19.1. The number of benzene rings is 2. The Bertz CT molecular complexity index is 1630. The highest BCUT2D eigenvalue weighted by Gasteiger charge is 2.35.